The maximum Gasteiger partial charge on any atom is 0.338 e. The Morgan fingerprint density at radius 2 is 1.50 bits per heavy atom. The van der Waals surface area contributed by atoms with Gasteiger partial charge >= 0.3 is 5.97 Å². The van der Waals surface area contributed by atoms with E-state index in [0.29, 0.717) is 16.9 Å². The summed E-state index contributed by atoms with van der Waals surface area (Å²) in [5.74, 6) is 0.639. The topological polar surface area (TPSA) is 65.0 Å². The number of methoxy groups -OCH3 is 3. The number of aliphatic hydroxyl groups excluding tert-OH is 1. The summed E-state index contributed by atoms with van der Waals surface area (Å²) < 4.78 is 15.1. The molecule has 28 heavy (non-hydrogen) atoms. The summed E-state index contributed by atoms with van der Waals surface area (Å²) >= 11 is 0. The molecule has 0 saturated carbocycles. The van der Waals surface area contributed by atoms with Crippen LogP contribution in [0.15, 0.2) is 40.9 Å². The van der Waals surface area contributed by atoms with Gasteiger partial charge in [-0.1, -0.05) is 6.07 Å². The van der Waals surface area contributed by atoms with Crippen molar-refractivity contribution in [2.75, 3.05) is 21.3 Å². The Kier molecular flexibility index (Phi) is 8.51. The highest BCUT2D eigenvalue weighted by Crippen LogP contribution is 2.24. The molecule has 0 heterocycles. The SMILES string of the molecule is COC(=O)c1c(C)c(C)cc(C)c1C.COC1=CC(C)=CC(OC)C(O)=C1C. The van der Waals surface area contributed by atoms with E-state index < -0.39 is 0 Å². The molecule has 1 aliphatic carbocycles. The van der Waals surface area contributed by atoms with Crippen LogP contribution in [-0.2, 0) is 14.2 Å². The lowest BCUT2D eigenvalue weighted by Gasteiger charge is -2.12. The molecule has 1 aromatic carbocycles. The Hall–Kier alpha value is -2.53. The third-order valence-corrected chi connectivity index (χ3v) is 5.03. The molecule has 0 aliphatic heterocycles. The van der Waals surface area contributed by atoms with E-state index in [2.05, 4.69) is 6.07 Å². The van der Waals surface area contributed by atoms with E-state index in [4.69, 9.17) is 14.2 Å². The van der Waals surface area contributed by atoms with E-state index in [9.17, 15) is 9.90 Å². The molecule has 1 aromatic rings. The van der Waals surface area contributed by atoms with Gasteiger partial charge in [0.15, 0.2) is 0 Å². The lowest BCUT2D eigenvalue weighted by Crippen LogP contribution is -2.12. The number of hydrogen-bond acceptors (Lipinski definition) is 5. The van der Waals surface area contributed by atoms with Gasteiger partial charge in [-0.25, -0.2) is 4.79 Å². The van der Waals surface area contributed by atoms with E-state index in [1.807, 2.05) is 53.7 Å². The number of aryl methyl sites for hydroxylation is 2. The summed E-state index contributed by atoms with van der Waals surface area (Å²) in [7, 11) is 4.57. The van der Waals surface area contributed by atoms with Gasteiger partial charge in [-0.05, 0) is 81.5 Å². The standard InChI is InChI=1S/C12H16O2.C11H16O3/c1-7-6-8(2)10(4)11(9(7)3)12(13)14-5;1-7-5-9(13-3)8(2)11(12)10(6-7)14-4/h6H,1-5H3;5-6,10,12H,1-4H3. The van der Waals surface area contributed by atoms with Crippen LogP contribution in [0.1, 0.15) is 46.5 Å². The zero-order valence-corrected chi connectivity index (χ0v) is 18.4. The molecular formula is C23H32O5. The van der Waals surface area contributed by atoms with Gasteiger partial charge in [0.25, 0.3) is 0 Å². The normalized spacial score (nSPS) is 16.4. The smallest absolute Gasteiger partial charge is 0.338 e. The fourth-order valence-corrected chi connectivity index (χ4v) is 3.04. The first-order valence-corrected chi connectivity index (χ1v) is 9.11. The van der Waals surface area contributed by atoms with E-state index in [1.54, 1.807) is 14.2 Å². The van der Waals surface area contributed by atoms with Crippen molar-refractivity contribution in [1.29, 1.82) is 0 Å². The highest BCUT2D eigenvalue weighted by molar-refractivity contribution is 5.93. The Labute approximate surface area is 168 Å². The molecule has 0 fully saturated rings. The first-order chi connectivity index (χ1) is 13.1. The number of allylic oxidation sites excluding steroid dienone is 3. The molecule has 154 valence electrons. The van der Waals surface area contributed by atoms with E-state index in [-0.39, 0.29) is 17.8 Å². The lowest BCUT2D eigenvalue weighted by atomic mass is 9.94. The van der Waals surface area contributed by atoms with Crippen LogP contribution < -0.4 is 0 Å². The minimum Gasteiger partial charge on any atom is -0.509 e. The second-order valence-electron chi connectivity index (χ2n) is 6.92. The summed E-state index contributed by atoms with van der Waals surface area (Å²) in [5.41, 5.74) is 6.73. The van der Waals surface area contributed by atoms with Crippen molar-refractivity contribution in [3.8, 4) is 0 Å². The number of esters is 1. The van der Waals surface area contributed by atoms with Gasteiger partial charge in [-0.2, -0.15) is 0 Å². The van der Waals surface area contributed by atoms with Gasteiger partial charge in [-0.3, -0.25) is 0 Å². The van der Waals surface area contributed by atoms with Crippen LogP contribution in [0.4, 0.5) is 0 Å². The maximum absolute atomic E-state index is 11.5. The number of carbonyl (C=O) groups is 1. The average molecular weight is 389 g/mol. The van der Waals surface area contributed by atoms with E-state index >= 15 is 0 Å². The second kappa shape index (κ2) is 10.1. The predicted octanol–water partition coefficient (Wildman–Crippen LogP) is 5.03. The number of aliphatic hydroxyl groups is 1. The third-order valence-electron chi connectivity index (χ3n) is 5.03. The highest BCUT2D eigenvalue weighted by Gasteiger charge is 2.19. The molecule has 1 atom stereocenters. The van der Waals surface area contributed by atoms with Crippen LogP contribution in [0.3, 0.4) is 0 Å². The van der Waals surface area contributed by atoms with Crippen LogP contribution >= 0.6 is 0 Å². The van der Waals surface area contributed by atoms with Crippen molar-refractivity contribution in [2.45, 2.75) is 47.6 Å². The van der Waals surface area contributed by atoms with Gasteiger partial charge in [0.1, 0.15) is 17.6 Å². The summed E-state index contributed by atoms with van der Waals surface area (Å²) in [6.07, 6.45) is 3.36. The molecular weight excluding hydrogens is 356 g/mol. The quantitative estimate of drug-likeness (QED) is 0.736. The Morgan fingerprint density at radius 1 is 0.964 bits per heavy atom. The fraction of sp³-hybridized carbons (Fsp3) is 0.435. The zero-order chi connectivity index (χ0) is 21.6. The lowest BCUT2D eigenvalue weighted by molar-refractivity contribution is 0.0599. The summed E-state index contributed by atoms with van der Waals surface area (Å²) in [4.78, 5) is 11.5. The summed E-state index contributed by atoms with van der Waals surface area (Å²) in [6, 6.07) is 2.09. The van der Waals surface area contributed by atoms with Gasteiger partial charge in [-0.15, -0.1) is 0 Å². The monoisotopic (exact) mass is 388 g/mol. The van der Waals surface area contributed by atoms with Gasteiger partial charge < -0.3 is 19.3 Å². The molecule has 2 rings (SSSR count). The minimum atomic E-state index is -0.376. The van der Waals surface area contributed by atoms with Gasteiger partial charge in [0.05, 0.1) is 19.8 Å². The van der Waals surface area contributed by atoms with Crippen LogP contribution in [0.25, 0.3) is 0 Å². The minimum absolute atomic E-state index is 0.206. The number of rotatable bonds is 3. The molecule has 5 nitrogen and oxygen atoms in total. The Bertz CT molecular complexity index is 802. The molecule has 0 aromatic heterocycles. The van der Waals surface area contributed by atoms with Crippen molar-refractivity contribution in [2.24, 2.45) is 0 Å². The second-order valence-corrected chi connectivity index (χ2v) is 6.92. The third kappa shape index (κ3) is 5.26. The molecule has 5 heteroatoms. The summed E-state index contributed by atoms with van der Waals surface area (Å²) in [5, 5.41) is 9.83. The van der Waals surface area contributed by atoms with Crippen molar-refractivity contribution in [1.82, 2.24) is 0 Å². The zero-order valence-electron chi connectivity index (χ0n) is 18.4. The molecule has 0 amide bonds. The predicted molar refractivity (Wildman–Crippen MR) is 112 cm³/mol. The number of carbonyl (C=O) groups excluding carboxylic acids is 1. The molecule has 0 saturated heterocycles. The Balaban J connectivity index is 0.000000280. The first kappa shape index (κ1) is 23.5. The summed E-state index contributed by atoms with van der Waals surface area (Å²) in [6.45, 7) is 11.7. The van der Waals surface area contributed by atoms with Gasteiger partial charge in [0.2, 0.25) is 0 Å². The maximum atomic E-state index is 11.5. The largest absolute Gasteiger partial charge is 0.509 e. The molecule has 1 aliphatic rings. The number of benzene rings is 1. The van der Waals surface area contributed by atoms with Crippen molar-refractivity contribution in [3.05, 3.63) is 68.7 Å². The van der Waals surface area contributed by atoms with Crippen LogP contribution in [-0.4, -0.2) is 38.5 Å². The van der Waals surface area contributed by atoms with Crippen molar-refractivity contribution >= 4 is 5.97 Å². The Morgan fingerprint density at radius 3 is 1.93 bits per heavy atom. The fourth-order valence-electron chi connectivity index (χ4n) is 3.04. The van der Waals surface area contributed by atoms with Crippen molar-refractivity contribution < 1.29 is 24.1 Å². The molecule has 1 N–H and O–H groups in total. The van der Waals surface area contributed by atoms with E-state index in [0.717, 1.165) is 27.8 Å². The molecule has 1 unspecified atom stereocenters. The molecule has 0 spiro atoms. The first-order valence-electron chi connectivity index (χ1n) is 9.11. The highest BCUT2D eigenvalue weighted by atomic mass is 16.5. The molecule has 0 bridgehead atoms. The number of ether oxygens (including phenoxy) is 3. The van der Waals surface area contributed by atoms with Crippen molar-refractivity contribution in [3.63, 3.8) is 0 Å². The number of hydrogen-bond donors (Lipinski definition) is 1. The average Bonchev–Trinajstić information content (AvgIpc) is 2.77. The van der Waals surface area contributed by atoms with Crippen LogP contribution in [0, 0.1) is 27.7 Å². The van der Waals surface area contributed by atoms with Gasteiger partial charge in [0, 0.05) is 12.7 Å². The van der Waals surface area contributed by atoms with Crippen LogP contribution in [0.5, 0.6) is 0 Å². The van der Waals surface area contributed by atoms with E-state index in [1.165, 1.54) is 7.11 Å². The molecule has 0 radical (unpaired) electrons. The van der Waals surface area contributed by atoms with Crippen LogP contribution in [0.2, 0.25) is 0 Å².